The summed E-state index contributed by atoms with van der Waals surface area (Å²) in [5.41, 5.74) is 0. The molecule has 0 saturated heterocycles. The molecule has 0 aromatic rings. The molecule has 0 aliphatic rings. The van der Waals surface area contributed by atoms with Gasteiger partial charge in [0.1, 0.15) is 0 Å². The lowest BCUT2D eigenvalue weighted by molar-refractivity contribution is 0.0862. The molecule has 0 spiro atoms. The van der Waals surface area contributed by atoms with Crippen LogP contribution in [0.5, 0.6) is 0 Å². The van der Waals surface area contributed by atoms with E-state index in [1.54, 1.807) is 0 Å². The van der Waals surface area contributed by atoms with Gasteiger partial charge in [-0.25, -0.2) is 0 Å². The number of hydrogen-bond donors (Lipinski definition) is 2. The number of hydrogen-bond acceptors (Lipinski definition) is 2. The molecule has 60 valence electrons. The molecule has 0 fully saturated rings. The number of aliphatic hydroxyl groups excluding tert-OH is 2. The lowest BCUT2D eigenvalue weighted by Crippen LogP contribution is -2.10. The molecule has 0 amide bonds. The highest BCUT2D eigenvalue weighted by Crippen LogP contribution is 2.02. The zero-order valence-electron chi connectivity index (χ0n) is 6.29. The second kappa shape index (κ2) is 6.78. The molecular formula is C8H16O2. The fourth-order valence-electron chi connectivity index (χ4n) is 0.760. The molecule has 0 radical (unpaired) electrons. The zero-order valence-corrected chi connectivity index (χ0v) is 6.29. The van der Waals surface area contributed by atoms with Crippen LogP contribution < -0.4 is 0 Å². The Balaban J connectivity index is 2.95. The highest BCUT2D eigenvalue weighted by Gasteiger charge is 1.99. The summed E-state index contributed by atoms with van der Waals surface area (Å²) in [6.07, 6.45) is 5.06. The normalized spacial score (nSPS) is 13.0. The molecule has 0 aromatic carbocycles. The van der Waals surface area contributed by atoms with Gasteiger partial charge < -0.3 is 10.2 Å². The van der Waals surface area contributed by atoms with Crippen LogP contribution in [0, 0.1) is 0 Å². The monoisotopic (exact) mass is 144 g/mol. The highest BCUT2D eigenvalue weighted by molar-refractivity contribution is 4.66. The minimum absolute atomic E-state index is 0.117. The number of rotatable bonds is 6. The highest BCUT2D eigenvalue weighted by atomic mass is 16.3. The second-order valence-corrected chi connectivity index (χ2v) is 2.41. The lowest BCUT2D eigenvalue weighted by atomic mass is 10.1. The fourth-order valence-corrected chi connectivity index (χ4v) is 0.760. The SMILES string of the molecule is C=CCCCC[C@H](O)CO. The van der Waals surface area contributed by atoms with E-state index in [2.05, 4.69) is 6.58 Å². The van der Waals surface area contributed by atoms with Crippen LogP contribution in [0.25, 0.3) is 0 Å². The molecule has 0 aromatic heterocycles. The Bertz CT molecular complexity index is 81.3. The summed E-state index contributed by atoms with van der Waals surface area (Å²) in [4.78, 5) is 0. The van der Waals surface area contributed by atoms with E-state index < -0.39 is 6.10 Å². The molecule has 2 N–H and O–H groups in total. The van der Waals surface area contributed by atoms with Crippen LogP contribution in [-0.4, -0.2) is 22.9 Å². The van der Waals surface area contributed by atoms with Crippen molar-refractivity contribution >= 4 is 0 Å². The molecule has 0 aliphatic heterocycles. The molecule has 10 heavy (non-hydrogen) atoms. The molecule has 0 rings (SSSR count). The topological polar surface area (TPSA) is 40.5 Å². The Morgan fingerprint density at radius 3 is 2.60 bits per heavy atom. The first kappa shape index (κ1) is 9.66. The van der Waals surface area contributed by atoms with E-state index in [4.69, 9.17) is 10.2 Å². The molecule has 0 bridgehead atoms. The number of allylic oxidation sites excluding steroid dienone is 1. The summed E-state index contributed by atoms with van der Waals surface area (Å²) in [5, 5.41) is 17.3. The van der Waals surface area contributed by atoms with Crippen molar-refractivity contribution in [2.24, 2.45) is 0 Å². The maximum Gasteiger partial charge on any atom is 0.0770 e. The quantitative estimate of drug-likeness (QED) is 0.432. The Morgan fingerprint density at radius 2 is 2.10 bits per heavy atom. The number of unbranched alkanes of at least 4 members (excludes halogenated alkanes) is 2. The van der Waals surface area contributed by atoms with Gasteiger partial charge >= 0.3 is 0 Å². The summed E-state index contributed by atoms with van der Waals surface area (Å²) >= 11 is 0. The van der Waals surface area contributed by atoms with Crippen molar-refractivity contribution in [3.05, 3.63) is 12.7 Å². The van der Waals surface area contributed by atoms with Gasteiger partial charge in [0, 0.05) is 0 Å². The Morgan fingerprint density at radius 1 is 1.40 bits per heavy atom. The van der Waals surface area contributed by atoms with Gasteiger partial charge in [0.15, 0.2) is 0 Å². The van der Waals surface area contributed by atoms with E-state index in [0.717, 1.165) is 19.3 Å². The van der Waals surface area contributed by atoms with Crippen LogP contribution in [0.3, 0.4) is 0 Å². The molecular weight excluding hydrogens is 128 g/mol. The second-order valence-electron chi connectivity index (χ2n) is 2.41. The standard InChI is InChI=1S/C8H16O2/c1-2-3-4-5-6-8(10)7-9/h2,8-10H,1,3-7H2/t8-/m0/s1. The van der Waals surface area contributed by atoms with E-state index in [1.165, 1.54) is 0 Å². The average molecular weight is 144 g/mol. The van der Waals surface area contributed by atoms with Crippen LogP contribution in [0.4, 0.5) is 0 Å². The third-order valence-electron chi connectivity index (χ3n) is 1.41. The molecule has 1 atom stereocenters. The summed E-state index contributed by atoms with van der Waals surface area (Å²) in [5.74, 6) is 0. The predicted octanol–water partition coefficient (Wildman–Crippen LogP) is 1.09. The van der Waals surface area contributed by atoms with Gasteiger partial charge in [-0.05, 0) is 19.3 Å². The summed E-state index contributed by atoms with van der Waals surface area (Å²) < 4.78 is 0. The van der Waals surface area contributed by atoms with Gasteiger partial charge in [-0.3, -0.25) is 0 Å². The molecule has 0 saturated carbocycles. The first-order valence-corrected chi connectivity index (χ1v) is 3.71. The minimum atomic E-state index is -0.523. The number of aliphatic hydroxyl groups is 2. The van der Waals surface area contributed by atoms with Crippen molar-refractivity contribution in [3.63, 3.8) is 0 Å². The first-order chi connectivity index (χ1) is 4.81. The Labute approximate surface area is 62.2 Å². The van der Waals surface area contributed by atoms with Crippen LogP contribution in [0.15, 0.2) is 12.7 Å². The van der Waals surface area contributed by atoms with Gasteiger partial charge in [-0.1, -0.05) is 12.5 Å². The predicted molar refractivity (Wildman–Crippen MR) is 41.8 cm³/mol. The Kier molecular flexibility index (Phi) is 6.55. The van der Waals surface area contributed by atoms with Crippen LogP contribution >= 0.6 is 0 Å². The van der Waals surface area contributed by atoms with E-state index >= 15 is 0 Å². The van der Waals surface area contributed by atoms with E-state index in [1.807, 2.05) is 6.08 Å². The average Bonchev–Trinajstić information content (AvgIpc) is 1.98. The third-order valence-corrected chi connectivity index (χ3v) is 1.41. The van der Waals surface area contributed by atoms with Crippen LogP contribution in [0.1, 0.15) is 25.7 Å². The van der Waals surface area contributed by atoms with Crippen molar-refractivity contribution in [3.8, 4) is 0 Å². The maximum atomic E-state index is 8.88. The van der Waals surface area contributed by atoms with Crippen molar-refractivity contribution in [2.75, 3.05) is 6.61 Å². The molecule has 0 heterocycles. The minimum Gasteiger partial charge on any atom is -0.394 e. The molecule has 0 unspecified atom stereocenters. The van der Waals surface area contributed by atoms with E-state index in [-0.39, 0.29) is 6.61 Å². The zero-order chi connectivity index (χ0) is 7.82. The third kappa shape index (κ3) is 5.79. The van der Waals surface area contributed by atoms with Crippen molar-refractivity contribution < 1.29 is 10.2 Å². The molecule has 2 nitrogen and oxygen atoms in total. The van der Waals surface area contributed by atoms with Crippen LogP contribution in [-0.2, 0) is 0 Å². The molecule has 2 heteroatoms. The van der Waals surface area contributed by atoms with Gasteiger partial charge in [0.05, 0.1) is 12.7 Å². The van der Waals surface area contributed by atoms with E-state index in [9.17, 15) is 0 Å². The first-order valence-electron chi connectivity index (χ1n) is 3.71. The van der Waals surface area contributed by atoms with Gasteiger partial charge in [0.2, 0.25) is 0 Å². The largest absolute Gasteiger partial charge is 0.394 e. The van der Waals surface area contributed by atoms with Crippen molar-refractivity contribution in [2.45, 2.75) is 31.8 Å². The van der Waals surface area contributed by atoms with Gasteiger partial charge in [-0.2, -0.15) is 0 Å². The summed E-state index contributed by atoms with van der Waals surface area (Å²) in [6, 6.07) is 0. The smallest absolute Gasteiger partial charge is 0.0770 e. The summed E-state index contributed by atoms with van der Waals surface area (Å²) in [6.45, 7) is 3.47. The molecule has 0 aliphatic carbocycles. The fraction of sp³-hybridized carbons (Fsp3) is 0.750. The van der Waals surface area contributed by atoms with Gasteiger partial charge in [-0.15, -0.1) is 6.58 Å². The van der Waals surface area contributed by atoms with Crippen LogP contribution in [0.2, 0.25) is 0 Å². The lowest BCUT2D eigenvalue weighted by Gasteiger charge is -2.04. The maximum absolute atomic E-state index is 8.88. The summed E-state index contributed by atoms with van der Waals surface area (Å²) in [7, 11) is 0. The Hall–Kier alpha value is -0.340. The van der Waals surface area contributed by atoms with E-state index in [0.29, 0.717) is 6.42 Å². The van der Waals surface area contributed by atoms with Crippen molar-refractivity contribution in [1.29, 1.82) is 0 Å². The van der Waals surface area contributed by atoms with Gasteiger partial charge in [0.25, 0.3) is 0 Å². The van der Waals surface area contributed by atoms with Crippen molar-refractivity contribution in [1.82, 2.24) is 0 Å².